The topological polar surface area (TPSA) is 3.24 Å². The second-order valence-corrected chi connectivity index (χ2v) is 15.8. The minimum Gasteiger partial charge on any atom is -0.310 e. The summed E-state index contributed by atoms with van der Waals surface area (Å²) >= 11 is 0. The lowest BCUT2D eigenvalue weighted by Crippen LogP contribution is -2.17. The summed E-state index contributed by atoms with van der Waals surface area (Å²) in [6.45, 7) is 9.43. The van der Waals surface area contributed by atoms with E-state index in [-0.39, 0.29) is 10.8 Å². The Labute approximate surface area is 312 Å². The van der Waals surface area contributed by atoms with E-state index in [1.54, 1.807) is 0 Å². The Morgan fingerprint density at radius 2 is 0.736 bits per heavy atom. The lowest BCUT2D eigenvalue weighted by Gasteiger charge is -2.29. The zero-order chi connectivity index (χ0) is 35.9. The van der Waals surface area contributed by atoms with Gasteiger partial charge in [-0.15, -0.1) is 0 Å². The van der Waals surface area contributed by atoms with E-state index in [4.69, 9.17) is 0 Å². The van der Waals surface area contributed by atoms with Crippen molar-refractivity contribution in [2.24, 2.45) is 0 Å². The van der Waals surface area contributed by atoms with E-state index < -0.39 is 0 Å². The maximum absolute atomic E-state index is 2.45. The molecule has 254 valence electrons. The molecule has 0 fully saturated rings. The largest absolute Gasteiger partial charge is 0.310 e. The number of fused-ring (bicyclic) bond motifs is 7. The first-order chi connectivity index (χ1) is 25.8. The van der Waals surface area contributed by atoms with Crippen LogP contribution in [0.15, 0.2) is 176 Å². The van der Waals surface area contributed by atoms with Crippen LogP contribution >= 0.6 is 0 Å². The second-order valence-electron chi connectivity index (χ2n) is 15.8. The number of hydrogen-bond donors (Lipinski definition) is 0. The van der Waals surface area contributed by atoms with E-state index in [2.05, 4.69) is 209 Å². The SMILES string of the molecule is CC1(C)c2ccccc2-c2cc(N(c3ccc(-c4ccc(-c5ccccc5)c5ccccc45)cc3)c3ccc4c(c3)C(C)(C)c3ccccc3-4)ccc21. The van der Waals surface area contributed by atoms with Crippen molar-refractivity contribution in [3.63, 3.8) is 0 Å². The van der Waals surface area contributed by atoms with Gasteiger partial charge in [-0.05, 0) is 114 Å². The third-order valence-corrected chi connectivity index (χ3v) is 12.1. The monoisotopic (exact) mass is 679 g/mol. The van der Waals surface area contributed by atoms with E-state index in [9.17, 15) is 0 Å². The van der Waals surface area contributed by atoms with Crippen LogP contribution in [0, 0.1) is 0 Å². The summed E-state index contributed by atoms with van der Waals surface area (Å²) in [5.74, 6) is 0. The molecule has 0 saturated carbocycles. The third-order valence-electron chi connectivity index (χ3n) is 12.1. The summed E-state index contributed by atoms with van der Waals surface area (Å²) in [5, 5.41) is 2.53. The second kappa shape index (κ2) is 11.7. The molecule has 53 heavy (non-hydrogen) atoms. The van der Waals surface area contributed by atoms with Gasteiger partial charge in [-0.1, -0.05) is 167 Å². The number of anilines is 3. The predicted octanol–water partition coefficient (Wildman–Crippen LogP) is 14.3. The molecule has 0 aromatic heterocycles. The molecule has 0 aliphatic heterocycles. The fourth-order valence-corrected chi connectivity index (χ4v) is 9.34. The van der Waals surface area contributed by atoms with Crippen molar-refractivity contribution in [3.05, 3.63) is 198 Å². The molecule has 1 nitrogen and oxygen atoms in total. The Balaban J connectivity index is 1.12. The van der Waals surface area contributed by atoms with Crippen molar-refractivity contribution in [1.29, 1.82) is 0 Å². The molecule has 8 aromatic rings. The van der Waals surface area contributed by atoms with Gasteiger partial charge in [-0.3, -0.25) is 0 Å². The molecule has 0 unspecified atom stereocenters. The van der Waals surface area contributed by atoms with Crippen molar-refractivity contribution >= 4 is 27.8 Å². The van der Waals surface area contributed by atoms with Crippen molar-refractivity contribution in [2.75, 3.05) is 4.90 Å². The summed E-state index contributed by atoms with van der Waals surface area (Å²) in [6.07, 6.45) is 0. The number of nitrogens with zero attached hydrogens (tertiary/aromatic N) is 1. The molecule has 0 bridgehead atoms. The lowest BCUT2D eigenvalue weighted by molar-refractivity contribution is 0.660. The van der Waals surface area contributed by atoms with Gasteiger partial charge in [0.1, 0.15) is 0 Å². The average Bonchev–Trinajstić information content (AvgIpc) is 3.57. The van der Waals surface area contributed by atoms with Crippen molar-refractivity contribution < 1.29 is 0 Å². The molecule has 10 rings (SSSR count). The van der Waals surface area contributed by atoms with Crippen LogP contribution < -0.4 is 4.90 Å². The molecule has 0 saturated heterocycles. The molecule has 0 spiro atoms. The molecule has 8 aromatic carbocycles. The third kappa shape index (κ3) is 4.77. The Bertz CT molecular complexity index is 2710. The van der Waals surface area contributed by atoms with Crippen LogP contribution in [0.25, 0.3) is 55.3 Å². The van der Waals surface area contributed by atoms with Gasteiger partial charge in [-0.25, -0.2) is 0 Å². The summed E-state index contributed by atoms with van der Waals surface area (Å²) in [7, 11) is 0. The van der Waals surface area contributed by atoms with Gasteiger partial charge >= 0.3 is 0 Å². The molecular formula is C52H41N. The van der Waals surface area contributed by atoms with E-state index in [0.717, 1.165) is 11.4 Å². The van der Waals surface area contributed by atoms with Gasteiger partial charge in [0.05, 0.1) is 0 Å². The fraction of sp³-hybridized carbons (Fsp3) is 0.115. The predicted molar refractivity (Wildman–Crippen MR) is 225 cm³/mol. The Morgan fingerprint density at radius 3 is 1.40 bits per heavy atom. The van der Waals surface area contributed by atoms with Gasteiger partial charge in [-0.2, -0.15) is 0 Å². The van der Waals surface area contributed by atoms with Crippen LogP contribution in [0.5, 0.6) is 0 Å². The highest BCUT2D eigenvalue weighted by Crippen LogP contribution is 2.53. The first kappa shape index (κ1) is 31.5. The zero-order valence-electron chi connectivity index (χ0n) is 30.7. The molecule has 2 aliphatic rings. The Kier molecular flexibility index (Phi) is 6.94. The first-order valence-electron chi connectivity index (χ1n) is 18.8. The van der Waals surface area contributed by atoms with E-state index in [0.29, 0.717) is 0 Å². The molecular weight excluding hydrogens is 639 g/mol. The number of benzene rings is 8. The minimum atomic E-state index is -0.0919. The molecule has 2 aliphatic carbocycles. The highest BCUT2D eigenvalue weighted by atomic mass is 15.1. The fourth-order valence-electron chi connectivity index (χ4n) is 9.34. The lowest BCUT2D eigenvalue weighted by atomic mass is 9.82. The Hall–Kier alpha value is -6.18. The van der Waals surface area contributed by atoms with Gasteiger partial charge in [0.25, 0.3) is 0 Å². The first-order valence-corrected chi connectivity index (χ1v) is 18.8. The van der Waals surface area contributed by atoms with Gasteiger partial charge in [0.2, 0.25) is 0 Å². The minimum absolute atomic E-state index is 0.0425. The maximum atomic E-state index is 2.45. The number of rotatable bonds is 5. The molecule has 0 atom stereocenters. The zero-order valence-corrected chi connectivity index (χ0v) is 30.7. The smallest absolute Gasteiger partial charge is 0.0468 e. The van der Waals surface area contributed by atoms with Crippen LogP contribution in [-0.2, 0) is 10.8 Å². The summed E-state index contributed by atoms with van der Waals surface area (Å²) in [4.78, 5) is 2.45. The standard InChI is InChI=1S/C52H41N/c1-51(2)48-21-13-11-19-44(48)46-32-37(27-31-49(46)51)53(38-26-28-45-43-18-10-12-20-47(43)52(3,4)50(45)33-38)36-24-22-35(23-25-36)40-30-29-39(34-14-6-5-7-15-34)41-16-8-9-17-42(40)41/h5-33H,1-4H3. The van der Waals surface area contributed by atoms with Crippen molar-refractivity contribution in [3.8, 4) is 44.5 Å². The van der Waals surface area contributed by atoms with Crippen LogP contribution in [0.2, 0.25) is 0 Å². The molecule has 0 heterocycles. The van der Waals surface area contributed by atoms with Crippen LogP contribution in [0.1, 0.15) is 49.9 Å². The average molecular weight is 680 g/mol. The van der Waals surface area contributed by atoms with Crippen LogP contribution in [0.3, 0.4) is 0 Å². The van der Waals surface area contributed by atoms with Crippen LogP contribution in [0.4, 0.5) is 17.1 Å². The van der Waals surface area contributed by atoms with Crippen LogP contribution in [-0.4, -0.2) is 0 Å². The summed E-state index contributed by atoms with van der Waals surface area (Å²) < 4.78 is 0. The quantitative estimate of drug-likeness (QED) is 0.175. The van der Waals surface area contributed by atoms with Crippen molar-refractivity contribution in [2.45, 2.75) is 38.5 Å². The van der Waals surface area contributed by atoms with Gasteiger partial charge in [0.15, 0.2) is 0 Å². The summed E-state index contributed by atoms with van der Waals surface area (Å²) in [6, 6.07) is 65.3. The molecule has 1 heteroatoms. The van der Waals surface area contributed by atoms with E-state index in [1.807, 2.05) is 0 Å². The normalized spacial score (nSPS) is 14.3. The summed E-state index contributed by atoms with van der Waals surface area (Å²) in [5.41, 5.74) is 19.2. The molecule has 0 N–H and O–H groups in total. The maximum Gasteiger partial charge on any atom is 0.0468 e. The van der Waals surface area contributed by atoms with Gasteiger partial charge in [0, 0.05) is 27.9 Å². The highest BCUT2D eigenvalue weighted by Gasteiger charge is 2.37. The number of hydrogen-bond acceptors (Lipinski definition) is 1. The molecule has 0 radical (unpaired) electrons. The van der Waals surface area contributed by atoms with E-state index in [1.165, 1.54) is 83.2 Å². The Morgan fingerprint density at radius 1 is 0.302 bits per heavy atom. The van der Waals surface area contributed by atoms with Gasteiger partial charge < -0.3 is 4.90 Å². The molecule has 0 amide bonds. The van der Waals surface area contributed by atoms with E-state index >= 15 is 0 Å². The van der Waals surface area contributed by atoms with Crippen molar-refractivity contribution in [1.82, 2.24) is 0 Å². The highest BCUT2D eigenvalue weighted by molar-refractivity contribution is 6.05.